The second-order valence-electron chi connectivity index (χ2n) is 10.8. The minimum atomic E-state index is -0.837. The molecule has 3 aromatic rings. The van der Waals surface area contributed by atoms with Crippen molar-refractivity contribution >= 4 is 11.9 Å². The van der Waals surface area contributed by atoms with Crippen molar-refractivity contribution < 1.29 is 19.7 Å². The van der Waals surface area contributed by atoms with Crippen molar-refractivity contribution in [3.05, 3.63) is 41.6 Å². The number of benzene rings is 1. The molecule has 1 amide bonds. The molecule has 11 heteroatoms. The number of hydrogen-bond acceptors (Lipinski definition) is 8. The van der Waals surface area contributed by atoms with Crippen LogP contribution < -0.4 is 15.0 Å². The summed E-state index contributed by atoms with van der Waals surface area (Å²) in [4.78, 5) is 25.2. The number of carboxylic acid groups (broad SMARTS) is 1. The van der Waals surface area contributed by atoms with Gasteiger partial charge in [-0.3, -0.25) is 4.68 Å². The first kappa shape index (κ1) is 26.9. The molecule has 39 heavy (non-hydrogen) atoms. The second-order valence-corrected chi connectivity index (χ2v) is 10.8. The lowest BCUT2D eigenvalue weighted by Crippen LogP contribution is -2.61. The molecule has 208 valence electrons. The molecule has 0 radical (unpaired) electrons. The van der Waals surface area contributed by atoms with Gasteiger partial charge in [0.1, 0.15) is 24.3 Å². The first-order valence-electron chi connectivity index (χ1n) is 13.4. The maximum Gasteiger partial charge on any atom is 0.407 e. The Balaban J connectivity index is 1.46. The summed E-state index contributed by atoms with van der Waals surface area (Å²) in [5, 5.41) is 26.8. The quantitative estimate of drug-likeness (QED) is 0.399. The van der Waals surface area contributed by atoms with Crippen LogP contribution >= 0.6 is 0 Å². The van der Waals surface area contributed by atoms with Crippen LogP contribution in [0.1, 0.15) is 24.0 Å². The van der Waals surface area contributed by atoms with Crippen LogP contribution in [0.4, 0.5) is 10.6 Å². The molecule has 5 rings (SSSR count). The van der Waals surface area contributed by atoms with Gasteiger partial charge in [-0.1, -0.05) is 12.1 Å². The molecule has 4 heterocycles. The van der Waals surface area contributed by atoms with Crippen LogP contribution in [0.2, 0.25) is 0 Å². The summed E-state index contributed by atoms with van der Waals surface area (Å²) in [6.07, 6.45) is 2.12. The van der Waals surface area contributed by atoms with Crippen LogP contribution in [0.15, 0.2) is 30.5 Å². The lowest BCUT2D eigenvalue weighted by atomic mass is 9.72. The highest BCUT2D eigenvalue weighted by Crippen LogP contribution is 2.44. The van der Waals surface area contributed by atoms with Gasteiger partial charge in [-0.2, -0.15) is 5.10 Å². The fourth-order valence-corrected chi connectivity index (χ4v) is 5.67. The van der Waals surface area contributed by atoms with Gasteiger partial charge in [-0.05, 0) is 51.4 Å². The number of aliphatic hydroxyl groups is 1. The number of aryl methyl sites for hydroxylation is 2. The number of rotatable bonds is 8. The fourth-order valence-electron chi connectivity index (χ4n) is 5.67. The summed E-state index contributed by atoms with van der Waals surface area (Å²) in [6.45, 7) is 7.55. The molecule has 3 N–H and O–H groups in total. The Morgan fingerprint density at radius 1 is 1.21 bits per heavy atom. The summed E-state index contributed by atoms with van der Waals surface area (Å²) < 4.78 is 7.69. The van der Waals surface area contributed by atoms with E-state index in [1.165, 1.54) is 4.90 Å². The number of aliphatic hydroxyl groups excluding tert-OH is 1. The summed E-state index contributed by atoms with van der Waals surface area (Å²) in [5.74, 6) is 2.12. The Labute approximate surface area is 228 Å². The zero-order valence-electron chi connectivity index (χ0n) is 23.0. The maximum absolute atomic E-state index is 11.4. The van der Waals surface area contributed by atoms with Gasteiger partial charge in [0.05, 0.1) is 17.6 Å². The molecule has 2 aromatic heterocycles. The molecule has 0 aliphatic carbocycles. The molecule has 1 atom stereocenters. The standard InChI is InChI=1S/C28H37N7O4/c1-18-13-30-33(4)24(18)23-19(2)26(35-16-28(17-35)8-10-34(11-9-28)27(37)38)32-25(31-23)20-6-5-7-22(12-20)39-15-21(36)14-29-3/h5-7,12-13,21,29,36H,8-11,14-17H2,1-4H3,(H,37,38)/t21-/m1/s1. The van der Waals surface area contributed by atoms with Gasteiger partial charge in [-0.25, -0.2) is 14.8 Å². The van der Waals surface area contributed by atoms with E-state index in [-0.39, 0.29) is 12.0 Å². The lowest BCUT2D eigenvalue weighted by molar-refractivity contribution is 0.0706. The van der Waals surface area contributed by atoms with Crippen molar-refractivity contribution in [1.82, 2.24) is 30.0 Å². The summed E-state index contributed by atoms with van der Waals surface area (Å²) in [6, 6.07) is 7.63. The van der Waals surface area contributed by atoms with Gasteiger partial charge in [0.2, 0.25) is 0 Å². The number of nitrogens with zero attached hydrogens (tertiary/aromatic N) is 6. The third-order valence-electron chi connectivity index (χ3n) is 7.89. The minimum Gasteiger partial charge on any atom is -0.491 e. The Morgan fingerprint density at radius 2 is 1.95 bits per heavy atom. The van der Waals surface area contributed by atoms with E-state index >= 15 is 0 Å². The van der Waals surface area contributed by atoms with Gasteiger partial charge in [0.15, 0.2) is 5.82 Å². The SMILES string of the molecule is CNC[C@@H](O)COc1cccc(-c2nc(-c3c(C)cnn3C)c(C)c(N3CC4(CCN(C(=O)O)CC4)C3)n2)c1. The molecule has 2 fully saturated rings. The fraction of sp³-hybridized carbons (Fsp3) is 0.500. The van der Waals surface area contributed by atoms with Crippen LogP contribution in [-0.2, 0) is 7.05 Å². The van der Waals surface area contributed by atoms with Gasteiger partial charge in [0, 0.05) is 56.3 Å². The number of ether oxygens (including phenoxy) is 1. The number of likely N-dealkylation sites (tertiary alicyclic amines) is 1. The smallest absolute Gasteiger partial charge is 0.407 e. The average molecular weight is 536 g/mol. The van der Waals surface area contributed by atoms with E-state index in [0.29, 0.717) is 31.2 Å². The molecule has 2 aliphatic heterocycles. The third kappa shape index (κ3) is 5.41. The van der Waals surface area contributed by atoms with Crippen molar-refractivity contribution in [2.24, 2.45) is 12.5 Å². The second kappa shape index (κ2) is 10.8. The highest BCUT2D eigenvalue weighted by molar-refractivity contribution is 5.73. The predicted octanol–water partition coefficient (Wildman–Crippen LogP) is 2.70. The molecule has 0 bridgehead atoms. The van der Waals surface area contributed by atoms with E-state index in [1.54, 1.807) is 7.05 Å². The average Bonchev–Trinajstić information content (AvgIpc) is 3.24. The first-order chi connectivity index (χ1) is 18.7. The Morgan fingerprint density at radius 3 is 2.59 bits per heavy atom. The van der Waals surface area contributed by atoms with Crippen molar-refractivity contribution in [3.8, 4) is 28.5 Å². The number of anilines is 1. The summed E-state index contributed by atoms with van der Waals surface area (Å²) in [7, 11) is 3.71. The van der Waals surface area contributed by atoms with Crippen LogP contribution in [0.3, 0.4) is 0 Å². The van der Waals surface area contributed by atoms with Gasteiger partial charge < -0.3 is 30.1 Å². The maximum atomic E-state index is 11.4. The molecule has 1 aromatic carbocycles. The van der Waals surface area contributed by atoms with Gasteiger partial charge in [0.25, 0.3) is 0 Å². The number of nitrogens with one attached hydrogen (secondary N) is 1. The minimum absolute atomic E-state index is 0.119. The van der Waals surface area contributed by atoms with E-state index in [4.69, 9.17) is 14.7 Å². The van der Waals surface area contributed by atoms with Gasteiger partial charge in [-0.15, -0.1) is 0 Å². The van der Waals surface area contributed by atoms with E-state index in [2.05, 4.69) is 22.2 Å². The van der Waals surface area contributed by atoms with E-state index in [0.717, 1.165) is 59.8 Å². The monoisotopic (exact) mass is 535 g/mol. The van der Waals surface area contributed by atoms with Crippen molar-refractivity contribution in [2.75, 3.05) is 51.3 Å². The molecule has 1 spiro atoms. The van der Waals surface area contributed by atoms with Crippen LogP contribution in [0, 0.1) is 19.3 Å². The Bertz CT molecular complexity index is 1320. The number of aromatic nitrogens is 4. The highest BCUT2D eigenvalue weighted by Gasteiger charge is 2.46. The van der Waals surface area contributed by atoms with E-state index in [9.17, 15) is 15.0 Å². The molecule has 2 saturated heterocycles. The van der Waals surface area contributed by atoms with Crippen LogP contribution in [0.25, 0.3) is 22.8 Å². The molecule has 11 nitrogen and oxygen atoms in total. The normalized spacial score (nSPS) is 17.3. The largest absolute Gasteiger partial charge is 0.491 e. The predicted molar refractivity (Wildman–Crippen MR) is 148 cm³/mol. The zero-order valence-corrected chi connectivity index (χ0v) is 23.0. The van der Waals surface area contributed by atoms with Crippen molar-refractivity contribution in [1.29, 1.82) is 0 Å². The van der Waals surface area contributed by atoms with Gasteiger partial charge >= 0.3 is 6.09 Å². The topological polar surface area (TPSA) is 129 Å². The Hall–Kier alpha value is -3.70. The number of carbonyl (C=O) groups is 1. The Kier molecular flexibility index (Phi) is 7.46. The van der Waals surface area contributed by atoms with Crippen molar-refractivity contribution in [2.45, 2.75) is 32.8 Å². The summed E-state index contributed by atoms with van der Waals surface area (Å²) >= 11 is 0. The zero-order chi connectivity index (χ0) is 27.7. The van der Waals surface area contributed by atoms with Crippen molar-refractivity contribution in [3.63, 3.8) is 0 Å². The highest BCUT2D eigenvalue weighted by atomic mass is 16.5. The molecular weight excluding hydrogens is 498 g/mol. The molecule has 0 unspecified atom stereocenters. The van der Waals surface area contributed by atoms with Crippen LogP contribution in [0.5, 0.6) is 5.75 Å². The first-order valence-corrected chi connectivity index (χ1v) is 13.4. The number of amides is 1. The molecular formula is C28H37N7O4. The van der Waals surface area contributed by atoms with E-state index < -0.39 is 12.2 Å². The third-order valence-corrected chi connectivity index (χ3v) is 7.89. The molecule has 2 aliphatic rings. The number of piperidine rings is 1. The number of likely N-dealkylation sites (N-methyl/N-ethyl adjacent to an activating group) is 1. The summed E-state index contributed by atoms with van der Waals surface area (Å²) in [5.41, 5.74) is 4.75. The lowest BCUT2D eigenvalue weighted by Gasteiger charge is -2.54. The number of hydrogen-bond donors (Lipinski definition) is 3. The van der Waals surface area contributed by atoms with Crippen LogP contribution in [-0.4, -0.2) is 93.4 Å². The molecule has 0 saturated carbocycles. The van der Waals surface area contributed by atoms with E-state index in [1.807, 2.05) is 49.1 Å².